The molecule has 3 rings (SSSR count). The largest absolute Gasteiger partial charge is 0.356 e. The Morgan fingerprint density at radius 3 is 2.62 bits per heavy atom. The third-order valence-corrected chi connectivity index (χ3v) is 4.33. The summed E-state index contributed by atoms with van der Waals surface area (Å²) in [5, 5.41) is 3.42. The van der Waals surface area contributed by atoms with E-state index in [9.17, 15) is 0 Å². The van der Waals surface area contributed by atoms with E-state index in [2.05, 4.69) is 63.4 Å². The predicted molar refractivity (Wildman–Crippen MR) is 119 cm³/mol. The number of rotatable bonds is 5. The third kappa shape index (κ3) is 4.97. The van der Waals surface area contributed by atoms with Crippen LogP contribution in [0.25, 0.3) is 11.0 Å². The number of aromatic nitrogens is 2. The zero-order valence-corrected chi connectivity index (χ0v) is 17.8. The first-order chi connectivity index (χ1) is 12.2. The van der Waals surface area contributed by atoms with Gasteiger partial charge in [0.05, 0.1) is 11.0 Å². The Hall–Kier alpha value is -2.09. The second-order valence-corrected chi connectivity index (χ2v) is 6.21. The SMILES string of the molecule is CN=C(NCCc1nc2ccccc2[nH]1)N(C)Cc1ccccc1C.I. The standard InChI is InChI=1S/C20H25N5.HI/c1-15-8-4-5-9-16(15)14-25(3)20(21-2)22-13-12-19-23-17-10-6-7-11-18(17)24-19;/h4-11H,12-14H2,1-3H3,(H,21,22)(H,23,24);1H. The van der Waals surface area contributed by atoms with Crippen LogP contribution in [0.4, 0.5) is 0 Å². The fourth-order valence-electron chi connectivity index (χ4n) is 2.92. The minimum Gasteiger partial charge on any atom is -0.356 e. The number of guanidine groups is 1. The average molecular weight is 463 g/mol. The Bertz CT molecular complexity index is 838. The molecule has 1 aromatic heterocycles. The Kier molecular flexibility index (Phi) is 7.44. The van der Waals surface area contributed by atoms with Gasteiger partial charge in [0.15, 0.2) is 5.96 Å². The third-order valence-electron chi connectivity index (χ3n) is 4.33. The molecule has 0 amide bonds. The maximum absolute atomic E-state index is 4.61. The van der Waals surface area contributed by atoms with Crippen LogP contribution in [0.15, 0.2) is 53.5 Å². The van der Waals surface area contributed by atoms with Crippen molar-refractivity contribution in [2.24, 2.45) is 4.99 Å². The molecular weight excluding hydrogens is 437 g/mol. The number of aromatic amines is 1. The molecule has 5 nitrogen and oxygen atoms in total. The highest BCUT2D eigenvalue weighted by Gasteiger charge is 2.08. The smallest absolute Gasteiger partial charge is 0.193 e. The second kappa shape index (κ2) is 9.56. The number of aliphatic imine (C=N–C) groups is 1. The van der Waals surface area contributed by atoms with Gasteiger partial charge in [-0.15, -0.1) is 24.0 Å². The molecule has 0 unspecified atom stereocenters. The fraction of sp³-hybridized carbons (Fsp3) is 0.300. The zero-order valence-electron chi connectivity index (χ0n) is 15.5. The van der Waals surface area contributed by atoms with Gasteiger partial charge >= 0.3 is 0 Å². The first-order valence-corrected chi connectivity index (χ1v) is 8.57. The Morgan fingerprint density at radius 2 is 1.88 bits per heavy atom. The summed E-state index contributed by atoms with van der Waals surface area (Å²) < 4.78 is 0. The number of para-hydroxylation sites is 2. The van der Waals surface area contributed by atoms with Crippen LogP contribution in [0.3, 0.4) is 0 Å². The van der Waals surface area contributed by atoms with Crippen molar-refractivity contribution in [3.05, 3.63) is 65.5 Å². The molecule has 0 aliphatic heterocycles. The Morgan fingerprint density at radius 1 is 1.15 bits per heavy atom. The molecule has 138 valence electrons. The van der Waals surface area contributed by atoms with Crippen molar-refractivity contribution in [3.8, 4) is 0 Å². The summed E-state index contributed by atoms with van der Waals surface area (Å²) in [6.07, 6.45) is 0.825. The number of halogens is 1. The number of nitrogens with one attached hydrogen (secondary N) is 2. The molecule has 0 aliphatic rings. The Labute approximate surface area is 172 Å². The molecule has 26 heavy (non-hydrogen) atoms. The monoisotopic (exact) mass is 463 g/mol. The van der Waals surface area contributed by atoms with E-state index in [4.69, 9.17) is 0 Å². The van der Waals surface area contributed by atoms with Crippen LogP contribution < -0.4 is 5.32 Å². The van der Waals surface area contributed by atoms with Crippen LogP contribution in [0.1, 0.15) is 17.0 Å². The minimum atomic E-state index is 0. The summed E-state index contributed by atoms with van der Waals surface area (Å²) in [6, 6.07) is 16.5. The summed E-state index contributed by atoms with van der Waals surface area (Å²) in [4.78, 5) is 14.5. The van der Waals surface area contributed by atoms with Crippen LogP contribution in [0, 0.1) is 6.92 Å². The topological polar surface area (TPSA) is 56.3 Å². The highest BCUT2D eigenvalue weighted by molar-refractivity contribution is 14.0. The average Bonchev–Trinajstić information content (AvgIpc) is 3.03. The van der Waals surface area contributed by atoms with E-state index in [1.54, 1.807) is 0 Å². The first-order valence-electron chi connectivity index (χ1n) is 8.57. The fourth-order valence-corrected chi connectivity index (χ4v) is 2.92. The van der Waals surface area contributed by atoms with E-state index >= 15 is 0 Å². The molecule has 0 aliphatic carbocycles. The lowest BCUT2D eigenvalue weighted by atomic mass is 10.1. The maximum Gasteiger partial charge on any atom is 0.193 e. The van der Waals surface area contributed by atoms with Crippen LogP contribution in [-0.4, -0.2) is 41.5 Å². The molecule has 2 aromatic carbocycles. The van der Waals surface area contributed by atoms with E-state index < -0.39 is 0 Å². The molecule has 0 saturated carbocycles. The summed E-state index contributed by atoms with van der Waals surface area (Å²) in [5.41, 5.74) is 4.70. The van der Waals surface area contributed by atoms with Crippen LogP contribution in [-0.2, 0) is 13.0 Å². The molecule has 0 spiro atoms. The number of fused-ring (bicyclic) bond motifs is 1. The predicted octanol–water partition coefficient (Wildman–Crippen LogP) is 3.74. The molecule has 0 radical (unpaired) electrons. The molecule has 0 saturated heterocycles. The van der Waals surface area contributed by atoms with Crippen molar-refractivity contribution in [3.63, 3.8) is 0 Å². The molecule has 0 fully saturated rings. The quantitative estimate of drug-likeness (QED) is 0.345. The molecule has 2 N–H and O–H groups in total. The van der Waals surface area contributed by atoms with Crippen LogP contribution in [0.5, 0.6) is 0 Å². The lowest BCUT2D eigenvalue weighted by Crippen LogP contribution is -2.39. The number of benzene rings is 2. The van der Waals surface area contributed by atoms with E-state index in [1.165, 1.54) is 11.1 Å². The highest BCUT2D eigenvalue weighted by Crippen LogP contribution is 2.11. The van der Waals surface area contributed by atoms with Crippen LogP contribution in [0.2, 0.25) is 0 Å². The maximum atomic E-state index is 4.61. The van der Waals surface area contributed by atoms with Gasteiger partial charge in [0, 0.05) is 33.6 Å². The van der Waals surface area contributed by atoms with Gasteiger partial charge in [-0.1, -0.05) is 36.4 Å². The molecule has 6 heteroatoms. The van der Waals surface area contributed by atoms with Crippen molar-refractivity contribution in [2.75, 3.05) is 20.6 Å². The Balaban J connectivity index is 0.00000243. The first kappa shape index (κ1) is 20.2. The molecule has 1 heterocycles. The van der Waals surface area contributed by atoms with Gasteiger partial charge in [-0.05, 0) is 30.2 Å². The van der Waals surface area contributed by atoms with Crippen molar-refractivity contribution < 1.29 is 0 Å². The molecule has 0 atom stereocenters. The number of H-pyrrole nitrogens is 1. The molecule has 3 aromatic rings. The van der Waals surface area contributed by atoms with E-state index in [-0.39, 0.29) is 24.0 Å². The van der Waals surface area contributed by atoms with E-state index in [1.807, 2.05) is 31.3 Å². The summed E-state index contributed by atoms with van der Waals surface area (Å²) in [7, 11) is 3.88. The minimum absolute atomic E-state index is 0. The van der Waals surface area contributed by atoms with Gasteiger partial charge in [0.25, 0.3) is 0 Å². The molecular formula is C20H26IN5. The lowest BCUT2D eigenvalue weighted by Gasteiger charge is -2.22. The number of nitrogens with zero attached hydrogens (tertiary/aromatic N) is 3. The summed E-state index contributed by atoms with van der Waals surface area (Å²) in [5.74, 6) is 1.88. The number of imidazole rings is 1. The number of hydrogen-bond donors (Lipinski definition) is 2. The van der Waals surface area contributed by atoms with Crippen molar-refractivity contribution in [2.45, 2.75) is 19.9 Å². The van der Waals surface area contributed by atoms with E-state index in [0.717, 1.165) is 42.3 Å². The lowest BCUT2D eigenvalue weighted by molar-refractivity contribution is 0.475. The zero-order chi connectivity index (χ0) is 17.6. The van der Waals surface area contributed by atoms with E-state index in [0.29, 0.717) is 0 Å². The number of hydrogen-bond acceptors (Lipinski definition) is 2. The highest BCUT2D eigenvalue weighted by atomic mass is 127. The van der Waals surface area contributed by atoms with Crippen molar-refractivity contribution in [1.29, 1.82) is 0 Å². The van der Waals surface area contributed by atoms with Gasteiger partial charge in [0.2, 0.25) is 0 Å². The van der Waals surface area contributed by atoms with Crippen molar-refractivity contribution in [1.82, 2.24) is 20.2 Å². The van der Waals surface area contributed by atoms with Gasteiger partial charge in [-0.3, -0.25) is 4.99 Å². The van der Waals surface area contributed by atoms with Gasteiger partial charge in [0.1, 0.15) is 5.82 Å². The normalized spacial score (nSPS) is 11.3. The summed E-state index contributed by atoms with van der Waals surface area (Å²) >= 11 is 0. The number of aryl methyl sites for hydroxylation is 1. The van der Waals surface area contributed by atoms with Crippen LogP contribution >= 0.6 is 24.0 Å². The van der Waals surface area contributed by atoms with Gasteiger partial charge < -0.3 is 15.2 Å². The second-order valence-electron chi connectivity index (χ2n) is 6.21. The molecule has 0 bridgehead atoms. The van der Waals surface area contributed by atoms with Gasteiger partial charge in [-0.25, -0.2) is 4.98 Å². The van der Waals surface area contributed by atoms with Gasteiger partial charge in [-0.2, -0.15) is 0 Å². The van der Waals surface area contributed by atoms with Crippen molar-refractivity contribution >= 4 is 41.0 Å². The summed E-state index contributed by atoms with van der Waals surface area (Å²) in [6.45, 7) is 3.75.